The summed E-state index contributed by atoms with van der Waals surface area (Å²) in [4.78, 5) is 27.1. The van der Waals surface area contributed by atoms with Crippen LogP contribution in [0.4, 0.5) is 0 Å². The fourth-order valence-corrected chi connectivity index (χ4v) is 3.54. The molecule has 1 fully saturated rings. The van der Waals surface area contributed by atoms with E-state index in [1.165, 1.54) is 0 Å². The average Bonchev–Trinajstić information content (AvgIpc) is 2.74. The molecule has 1 unspecified atom stereocenters. The smallest absolute Gasteiger partial charge is 0.254 e. The van der Waals surface area contributed by atoms with Crippen molar-refractivity contribution in [3.63, 3.8) is 0 Å². The van der Waals surface area contributed by atoms with E-state index in [0.29, 0.717) is 19.4 Å². The zero-order valence-corrected chi connectivity index (χ0v) is 17.5. The number of hydrogen-bond acceptors (Lipinski definition) is 5. The molecule has 1 aliphatic rings. The van der Waals surface area contributed by atoms with Crippen LogP contribution in [0.1, 0.15) is 51.0 Å². The Labute approximate surface area is 173 Å². The number of carbonyl (C=O) groups excluding carboxylic acids is 2. The van der Waals surface area contributed by atoms with E-state index in [1.54, 1.807) is 12.0 Å². The number of carbonyl (C=O) groups is 2. The first-order chi connectivity index (χ1) is 14.1. The minimum atomic E-state index is -0.793. The first-order valence-corrected chi connectivity index (χ1v) is 10.5. The van der Waals surface area contributed by atoms with Gasteiger partial charge < -0.3 is 24.8 Å². The normalized spacial score (nSPS) is 19.0. The molecule has 1 heterocycles. The molecule has 7 nitrogen and oxygen atoms in total. The van der Waals surface area contributed by atoms with Crippen LogP contribution < -0.4 is 5.73 Å². The van der Waals surface area contributed by atoms with Gasteiger partial charge in [0, 0.05) is 20.1 Å². The molecule has 29 heavy (non-hydrogen) atoms. The maximum Gasteiger partial charge on any atom is 0.254 e. The van der Waals surface area contributed by atoms with E-state index in [2.05, 4.69) is 0 Å². The molecular weight excluding hydrogens is 372 g/mol. The van der Waals surface area contributed by atoms with Gasteiger partial charge in [-0.25, -0.2) is 0 Å². The third kappa shape index (κ3) is 7.42. The first-order valence-electron chi connectivity index (χ1n) is 10.5. The summed E-state index contributed by atoms with van der Waals surface area (Å²) in [5.41, 5.74) is 6.53. The molecule has 0 aromatic heterocycles. The molecular formula is C22H34N2O5. The number of rotatable bonds is 12. The summed E-state index contributed by atoms with van der Waals surface area (Å²) in [6.45, 7) is 2.76. The fourth-order valence-electron chi connectivity index (χ4n) is 3.54. The van der Waals surface area contributed by atoms with Gasteiger partial charge in [-0.05, 0) is 31.2 Å². The standard InChI is InChI=1S/C22H34N2O5/c1-3-4-12-18(21(23)25)29-19(15-17-10-6-5-7-11-17)22(26)24-14-9-8-13-20(24)28-16-27-2/h5-7,10-11,18-20H,3-4,8-9,12-16H2,1-2H3,(H2,23,25)/t18-,19-,20?/m0/s1. The number of benzene rings is 1. The summed E-state index contributed by atoms with van der Waals surface area (Å²) in [5.74, 6) is -0.701. The Balaban J connectivity index is 2.19. The highest BCUT2D eigenvalue weighted by molar-refractivity contribution is 5.83. The number of ether oxygens (including phenoxy) is 3. The Morgan fingerprint density at radius 3 is 2.62 bits per heavy atom. The molecule has 0 spiro atoms. The highest BCUT2D eigenvalue weighted by Gasteiger charge is 2.35. The number of piperidine rings is 1. The number of nitrogens with zero attached hydrogens (tertiary/aromatic N) is 1. The van der Waals surface area contributed by atoms with E-state index < -0.39 is 18.1 Å². The zero-order valence-electron chi connectivity index (χ0n) is 17.5. The second kappa shape index (κ2) is 12.6. The molecule has 1 saturated heterocycles. The van der Waals surface area contributed by atoms with Crippen LogP contribution in [-0.2, 0) is 30.2 Å². The molecule has 2 N–H and O–H groups in total. The van der Waals surface area contributed by atoms with Crippen LogP contribution in [0.25, 0.3) is 0 Å². The van der Waals surface area contributed by atoms with Gasteiger partial charge in [0.1, 0.15) is 25.2 Å². The summed E-state index contributed by atoms with van der Waals surface area (Å²) in [7, 11) is 1.56. The Kier molecular flexibility index (Phi) is 10.1. The SMILES string of the molecule is CCCC[C@H](O[C@@H](Cc1ccccc1)C(=O)N1CCCCC1OCOC)C(N)=O. The van der Waals surface area contributed by atoms with Crippen LogP contribution in [0.15, 0.2) is 30.3 Å². The van der Waals surface area contributed by atoms with Crippen molar-refractivity contribution in [3.8, 4) is 0 Å². The van der Waals surface area contributed by atoms with Gasteiger partial charge in [-0.2, -0.15) is 0 Å². The molecule has 1 aromatic carbocycles. The number of likely N-dealkylation sites (tertiary alicyclic amines) is 1. The molecule has 2 amide bonds. The number of unbranched alkanes of at least 4 members (excludes halogenated alkanes) is 1. The van der Waals surface area contributed by atoms with Crippen molar-refractivity contribution in [1.29, 1.82) is 0 Å². The topological polar surface area (TPSA) is 91.1 Å². The van der Waals surface area contributed by atoms with Crippen molar-refractivity contribution < 1.29 is 23.8 Å². The first kappa shape index (κ1) is 23.3. The number of hydrogen-bond donors (Lipinski definition) is 1. The molecule has 1 aliphatic heterocycles. The van der Waals surface area contributed by atoms with E-state index in [4.69, 9.17) is 19.9 Å². The Morgan fingerprint density at radius 2 is 1.97 bits per heavy atom. The lowest BCUT2D eigenvalue weighted by molar-refractivity contribution is -0.179. The van der Waals surface area contributed by atoms with E-state index in [9.17, 15) is 9.59 Å². The van der Waals surface area contributed by atoms with Crippen molar-refractivity contribution in [2.75, 3.05) is 20.4 Å². The zero-order chi connectivity index (χ0) is 21.1. The van der Waals surface area contributed by atoms with Gasteiger partial charge in [-0.15, -0.1) is 0 Å². The van der Waals surface area contributed by atoms with Gasteiger partial charge in [0.15, 0.2) is 0 Å². The minimum absolute atomic E-state index is 0.124. The van der Waals surface area contributed by atoms with Crippen molar-refractivity contribution >= 4 is 11.8 Å². The third-order valence-corrected chi connectivity index (χ3v) is 5.11. The van der Waals surface area contributed by atoms with Crippen LogP contribution >= 0.6 is 0 Å². The summed E-state index contributed by atoms with van der Waals surface area (Å²) in [5, 5.41) is 0. The van der Waals surface area contributed by atoms with Gasteiger partial charge in [0.05, 0.1) is 0 Å². The van der Waals surface area contributed by atoms with Crippen molar-refractivity contribution in [2.24, 2.45) is 5.73 Å². The van der Waals surface area contributed by atoms with Gasteiger partial charge in [0.25, 0.3) is 5.91 Å². The van der Waals surface area contributed by atoms with Gasteiger partial charge >= 0.3 is 0 Å². The quantitative estimate of drug-likeness (QED) is 0.539. The van der Waals surface area contributed by atoms with Crippen LogP contribution in [-0.4, -0.2) is 55.6 Å². The molecule has 0 bridgehead atoms. The summed E-state index contributed by atoms with van der Waals surface area (Å²) < 4.78 is 16.8. The average molecular weight is 407 g/mol. The maximum absolute atomic E-state index is 13.4. The maximum atomic E-state index is 13.4. The molecule has 2 rings (SSSR count). The Bertz CT molecular complexity index is 625. The van der Waals surface area contributed by atoms with Gasteiger partial charge in [-0.1, -0.05) is 50.1 Å². The lowest BCUT2D eigenvalue weighted by Gasteiger charge is -2.37. The molecule has 0 aliphatic carbocycles. The predicted octanol–water partition coefficient (Wildman–Crippen LogP) is 2.62. The van der Waals surface area contributed by atoms with Crippen LogP contribution in [0.5, 0.6) is 0 Å². The number of nitrogens with two attached hydrogens (primary N) is 1. The molecule has 0 radical (unpaired) electrons. The second-order valence-corrected chi connectivity index (χ2v) is 7.40. The number of methoxy groups -OCH3 is 1. The summed E-state index contributed by atoms with van der Waals surface area (Å²) in [6, 6.07) is 9.66. The van der Waals surface area contributed by atoms with E-state index in [1.807, 2.05) is 37.3 Å². The number of primary amides is 1. The monoisotopic (exact) mass is 406 g/mol. The Morgan fingerprint density at radius 1 is 1.21 bits per heavy atom. The Hall–Kier alpha value is -1.96. The third-order valence-electron chi connectivity index (χ3n) is 5.11. The summed E-state index contributed by atoms with van der Waals surface area (Å²) >= 11 is 0. The van der Waals surface area contributed by atoms with Crippen molar-refractivity contribution in [1.82, 2.24) is 4.90 Å². The lowest BCUT2D eigenvalue weighted by atomic mass is 10.0. The highest BCUT2D eigenvalue weighted by atomic mass is 16.7. The molecule has 162 valence electrons. The van der Waals surface area contributed by atoms with Gasteiger partial charge in [-0.3, -0.25) is 9.59 Å². The van der Waals surface area contributed by atoms with E-state index in [0.717, 1.165) is 37.7 Å². The van der Waals surface area contributed by atoms with Crippen molar-refractivity contribution in [3.05, 3.63) is 35.9 Å². The van der Waals surface area contributed by atoms with Crippen LogP contribution in [0.3, 0.4) is 0 Å². The minimum Gasteiger partial charge on any atom is -0.367 e. The highest BCUT2D eigenvalue weighted by Crippen LogP contribution is 2.22. The fraction of sp³-hybridized carbons (Fsp3) is 0.636. The van der Waals surface area contributed by atoms with Crippen molar-refractivity contribution in [2.45, 2.75) is 70.3 Å². The molecule has 7 heteroatoms. The second-order valence-electron chi connectivity index (χ2n) is 7.40. The number of amides is 2. The lowest BCUT2D eigenvalue weighted by Crippen LogP contribution is -2.52. The molecule has 0 saturated carbocycles. The van der Waals surface area contributed by atoms with E-state index >= 15 is 0 Å². The summed E-state index contributed by atoms with van der Waals surface area (Å²) in [6.07, 6.45) is 3.34. The largest absolute Gasteiger partial charge is 0.367 e. The van der Waals surface area contributed by atoms with E-state index in [-0.39, 0.29) is 18.9 Å². The van der Waals surface area contributed by atoms with Gasteiger partial charge in [0.2, 0.25) is 5.91 Å². The predicted molar refractivity (Wildman–Crippen MR) is 110 cm³/mol. The molecule has 3 atom stereocenters. The van der Waals surface area contributed by atoms with Crippen LogP contribution in [0.2, 0.25) is 0 Å². The molecule has 1 aromatic rings. The van der Waals surface area contributed by atoms with Crippen LogP contribution in [0, 0.1) is 0 Å².